The molecule has 110 valence electrons. The van der Waals surface area contributed by atoms with Crippen molar-refractivity contribution in [3.8, 4) is 11.8 Å². The molecule has 1 aromatic carbocycles. The van der Waals surface area contributed by atoms with Gasteiger partial charge in [0.05, 0.1) is 20.3 Å². The number of ether oxygens (including phenoxy) is 2. The van der Waals surface area contributed by atoms with Gasteiger partial charge in [-0.05, 0) is 24.3 Å². The Bertz CT molecular complexity index is 601. The van der Waals surface area contributed by atoms with E-state index in [-0.39, 0.29) is 11.5 Å². The van der Waals surface area contributed by atoms with E-state index in [0.29, 0.717) is 37.6 Å². The number of halogens is 1. The van der Waals surface area contributed by atoms with Crippen molar-refractivity contribution in [2.24, 2.45) is 0 Å². The smallest absolute Gasteiger partial charge is 0.264 e. The van der Waals surface area contributed by atoms with E-state index >= 15 is 0 Å². The number of hydrogen-bond donors (Lipinski definition) is 0. The molecule has 5 nitrogen and oxygen atoms in total. The Kier molecular flexibility index (Phi) is 5.37. The SMILES string of the molecule is COc1ccc(Br)cc1/C=C(\C#N)C(=O)N1CCOCC1. The fraction of sp³-hybridized carbons (Fsp3) is 0.333. The third-order valence-corrected chi connectivity index (χ3v) is 3.63. The first kappa shape index (κ1) is 15.5. The minimum atomic E-state index is -0.275. The largest absolute Gasteiger partial charge is 0.496 e. The standard InChI is InChI=1S/C15H15BrN2O3/c1-20-14-3-2-13(16)9-11(14)8-12(10-17)15(19)18-4-6-21-7-5-18/h2-3,8-9H,4-7H2,1H3/b12-8+. The van der Waals surface area contributed by atoms with Crippen molar-refractivity contribution in [1.29, 1.82) is 5.26 Å². The van der Waals surface area contributed by atoms with Crippen LogP contribution in [0.4, 0.5) is 0 Å². The van der Waals surface area contributed by atoms with Crippen LogP contribution in [0.25, 0.3) is 6.08 Å². The molecule has 1 saturated heterocycles. The molecule has 0 aliphatic carbocycles. The molecular weight excluding hydrogens is 336 g/mol. The van der Waals surface area contributed by atoms with Gasteiger partial charge in [-0.1, -0.05) is 15.9 Å². The number of nitriles is 1. The normalized spacial score (nSPS) is 15.5. The summed E-state index contributed by atoms with van der Waals surface area (Å²) in [4.78, 5) is 14.0. The van der Waals surface area contributed by atoms with Crippen LogP contribution in [0.3, 0.4) is 0 Å². The second-order valence-electron chi connectivity index (χ2n) is 4.46. The van der Waals surface area contributed by atoms with Crippen LogP contribution in [0.5, 0.6) is 5.75 Å². The predicted octanol–water partition coefficient (Wildman–Crippen LogP) is 2.22. The van der Waals surface area contributed by atoms with Gasteiger partial charge in [0.15, 0.2) is 0 Å². The number of carbonyl (C=O) groups excluding carboxylic acids is 1. The highest BCUT2D eigenvalue weighted by molar-refractivity contribution is 9.10. The van der Waals surface area contributed by atoms with Crippen LogP contribution in [-0.2, 0) is 9.53 Å². The van der Waals surface area contributed by atoms with Crippen LogP contribution >= 0.6 is 15.9 Å². The van der Waals surface area contributed by atoms with Crippen molar-refractivity contribution in [2.45, 2.75) is 0 Å². The minimum Gasteiger partial charge on any atom is -0.496 e. The second-order valence-corrected chi connectivity index (χ2v) is 5.38. The number of methoxy groups -OCH3 is 1. The maximum absolute atomic E-state index is 12.3. The van der Waals surface area contributed by atoms with E-state index in [2.05, 4.69) is 15.9 Å². The molecule has 1 aliphatic heterocycles. The lowest BCUT2D eigenvalue weighted by Crippen LogP contribution is -2.41. The lowest BCUT2D eigenvalue weighted by molar-refractivity contribution is -0.130. The van der Waals surface area contributed by atoms with Crippen molar-refractivity contribution >= 4 is 27.9 Å². The maximum atomic E-state index is 12.3. The molecule has 0 N–H and O–H groups in total. The number of morpholine rings is 1. The lowest BCUT2D eigenvalue weighted by Gasteiger charge is -2.26. The molecule has 1 fully saturated rings. The summed E-state index contributed by atoms with van der Waals surface area (Å²) in [6.45, 7) is 2.02. The van der Waals surface area contributed by atoms with Crippen molar-refractivity contribution in [3.05, 3.63) is 33.8 Å². The van der Waals surface area contributed by atoms with E-state index in [1.165, 1.54) is 0 Å². The average Bonchev–Trinajstić information content (AvgIpc) is 2.53. The van der Waals surface area contributed by atoms with E-state index in [9.17, 15) is 10.1 Å². The van der Waals surface area contributed by atoms with E-state index < -0.39 is 0 Å². The average molecular weight is 351 g/mol. The number of rotatable bonds is 3. The summed E-state index contributed by atoms with van der Waals surface area (Å²) >= 11 is 3.37. The van der Waals surface area contributed by atoms with Gasteiger partial charge in [0.25, 0.3) is 5.91 Å². The van der Waals surface area contributed by atoms with Gasteiger partial charge in [0.2, 0.25) is 0 Å². The lowest BCUT2D eigenvalue weighted by atomic mass is 10.1. The zero-order valence-corrected chi connectivity index (χ0v) is 13.2. The molecule has 1 amide bonds. The van der Waals surface area contributed by atoms with Gasteiger partial charge in [-0.3, -0.25) is 4.79 Å². The number of benzene rings is 1. The Hall–Kier alpha value is -1.84. The second kappa shape index (κ2) is 7.25. The highest BCUT2D eigenvalue weighted by Gasteiger charge is 2.21. The first-order valence-corrected chi connectivity index (χ1v) is 7.27. The number of nitrogens with zero attached hydrogens (tertiary/aromatic N) is 2. The van der Waals surface area contributed by atoms with Crippen molar-refractivity contribution in [2.75, 3.05) is 33.4 Å². The highest BCUT2D eigenvalue weighted by atomic mass is 79.9. The fourth-order valence-corrected chi connectivity index (χ4v) is 2.43. The van der Waals surface area contributed by atoms with Crippen molar-refractivity contribution in [1.82, 2.24) is 4.90 Å². The molecule has 0 aromatic heterocycles. The minimum absolute atomic E-state index is 0.0910. The van der Waals surface area contributed by atoms with Crippen LogP contribution in [0, 0.1) is 11.3 Å². The third kappa shape index (κ3) is 3.84. The molecule has 0 unspecified atom stereocenters. The molecule has 0 spiro atoms. The van der Waals surface area contributed by atoms with Crippen LogP contribution in [0.2, 0.25) is 0 Å². The van der Waals surface area contributed by atoms with Crippen molar-refractivity contribution < 1.29 is 14.3 Å². The molecule has 0 radical (unpaired) electrons. The molecule has 0 saturated carbocycles. The predicted molar refractivity (Wildman–Crippen MR) is 81.7 cm³/mol. The Morgan fingerprint density at radius 1 is 1.48 bits per heavy atom. The zero-order valence-electron chi connectivity index (χ0n) is 11.6. The summed E-state index contributed by atoms with van der Waals surface area (Å²) in [5, 5.41) is 9.27. The number of hydrogen-bond acceptors (Lipinski definition) is 4. The van der Waals surface area contributed by atoms with Gasteiger partial charge >= 0.3 is 0 Å². The molecule has 2 rings (SSSR count). The molecule has 1 aliphatic rings. The summed E-state index contributed by atoms with van der Waals surface area (Å²) < 4.78 is 11.3. The first-order valence-electron chi connectivity index (χ1n) is 6.48. The van der Waals surface area contributed by atoms with Crippen LogP contribution in [-0.4, -0.2) is 44.2 Å². The van der Waals surface area contributed by atoms with E-state index in [1.54, 1.807) is 24.2 Å². The summed E-state index contributed by atoms with van der Waals surface area (Å²) in [7, 11) is 1.55. The molecule has 21 heavy (non-hydrogen) atoms. The summed E-state index contributed by atoms with van der Waals surface area (Å²) in [5.74, 6) is 0.337. The number of carbonyl (C=O) groups is 1. The van der Waals surface area contributed by atoms with E-state index in [4.69, 9.17) is 9.47 Å². The Morgan fingerprint density at radius 3 is 2.81 bits per heavy atom. The topological polar surface area (TPSA) is 62.6 Å². The molecular formula is C15H15BrN2O3. The molecule has 6 heteroatoms. The first-order chi connectivity index (χ1) is 10.2. The van der Waals surface area contributed by atoms with Gasteiger partial charge in [0.1, 0.15) is 17.4 Å². The van der Waals surface area contributed by atoms with Crippen LogP contribution in [0.15, 0.2) is 28.2 Å². The fourth-order valence-electron chi connectivity index (χ4n) is 2.05. The summed E-state index contributed by atoms with van der Waals surface area (Å²) in [6.07, 6.45) is 1.56. The van der Waals surface area contributed by atoms with Crippen molar-refractivity contribution in [3.63, 3.8) is 0 Å². The van der Waals surface area contributed by atoms with Gasteiger partial charge in [-0.2, -0.15) is 5.26 Å². The number of amides is 1. The van der Waals surface area contributed by atoms with E-state index in [1.807, 2.05) is 18.2 Å². The summed E-state index contributed by atoms with van der Waals surface area (Å²) in [6, 6.07) is 7.41. The van der Waals surface area contributed by atoms with E-state index in [0.717, 1.165) is 4.47 Å². The third-order valence-electron chi connectivity index (χ3n) is 3.14. The molecule has 1 heterocycles. The molecule has 0 atom stereocenters. The Balaban J connectivity index is 2.30. The Morgan fingerprint density at radius 2 is 2.19 bits per heavy atom. The van der Waals surface area contributed by atoms with Gasteiger partial charge in [-0.25, -0.2) is 0 Å². The maximum Gasteiger partial charge on any atom is 0.264 e. The highest BCUT2D eigenvalue weighted by Crippen LogP contribution is 2.25. The summed E-state index contributed by atoms with van der Waals surface area (Å²) in [5.41, 5.74) is 0.776. The van der Waals surface area contributed by atoms with Gasteiger partial charge in [0, 0.05) is 23.1 Å². The van der Waals surface area contributed by atoms with Crippen LogP contribution < -0.4 is 4.74 Å². The van der Waals surface area contributed by atoms with Gasteiger partial charge < -0.3 is 14.4 Å². The molecule has 1 aromatic rings. The monoisotopic (exact) mass is 350 g/mol. The molecule has 0 bridgehead atoms. The van der Waals surface area contributed by atoms with Gasteiger partial charge in [-0.15, -0.1) is 0 Å². The quantitative estimate of drug-likeness (QED) is 0.619. The Labute approximate surface area is 131 Å². The zero-order chi connectivity index (χ0) is 15.2. The van der Waals surface area contributed by atoms with Crippen LogP contribution in [0.1, 0.15) is 5.56 Å².